The number of rotatable bonds is 4. The Morgan fingerprint density at radius 2 is 1.67 bits per heavy atom. The number of hydrogen-bond acceptors (Lipinski definition) is 3. The fourth-order valence-electron chi connectivity index (χ4n) is 2.32. The highest BCUT2D eigenvalue weighted by molar-refractivity contribution is 7.89. The Morgan fingerprint density at radius 3 is 2.17 bits per heavy atom. The normalized spacial score (nSPS) is 22.4. The molecule has 1 aliphatic carbocycles. The number of ketones is 1. The van der Waals surface area contributed by atoms with Crippen molar-refractivity contribution in [2.75, 3.05) is 0 Å². The van der Waals surface area contributed by atoms with E-state index in [1.54, 1.807) is 32.0 Å². The van der Waals surface area contributed by atoms with Gasteiger partial charge in [-0.25, -0.2) is 8.42 Å². The summed E-state index contributed by atoms with van der Waals surface area (Å²) in [5, 5.41) is -0.209. The summed E-state index contributed by atoms with van der Waals surface area (Å²) < 4.78 is 27.5. The summed E-state index contributed by atoms with van der Waals surface area (Å²) in [5.41, 5.74) is 0.275. The number of hydrogen-bond donors (Lipinski definition) is 1. The van der Waals surface area contributed by atoms with Crippen LogP contribution in [0.25, 0.3) is 0 Å². The molecule has 0 amide bonds. The molecule has 4 nitrogen and oxygen atoms in total. The molecule has 1 atom stereocenters. The largest absolute Gasteiger partial charge is 0.291 e. The van der Waals surface area contributed by atoms with Crippen LogP contribution in [0.15, 0.2) is 56.6 Å². The van der Waals surface area contributed by atoms with E-state index in [4.69, 9.17) is 34.8 Å². The predicted octanol–water partition coefficient (Wildman–Crippen LogP) is 4.14. The smallest absolute Gasteiger partial charge is 0.261 e. The van der Waals surface area contributed by atoms with Crippen LogP contribution in [0, 0.1) is 5.92 Å². The number of carbonyl (C=O) groups excluding carboxylic acids is 1. The molecular weight excluding hydrogens is 393 g/mol. The first-order valence-electron chi connectivity index (χ1n) is 7.12. The highest BCUT2D eigenvalue weighted by Crippen LogP contribution is 2.46. The van der Waals surface area contributed by atoms with Gasteiger partial charge >= 0.3 is 0 Å². The van der Waals surface area contributed by atoms with Gasteiger partial charge in [0.05, 0.1) is 20.7 Å². The molecule has 1 unspecified atom stereocenters. The number of allylic oxidation sites excluding steroid dienone is 3. The average Bonchev–Trinajstić information content (AvgIpc) is 2.55. The third-order valence-electron chi connectivity index (χ3n) is 3.86. The molecule has 2 rings (SSSR count). The van der Waals surface area contributed by atoms with Gasteiger partial charge < -0.3 is 0 Å². The van der Waals surface area contributed by atoms with Gasteiger partial charge in [-0.3, -0.25) is 9.52 Å². The summed E-state index contributed by atoms with van der Waals surface area (Å²) in [6, 6.07) is 7.80. The third kappa shape index (κ3) is 3.10. The van der Waals surface area contributed by atoms with Crippen molar-refractivity contribution in [3.63, 3.8) is 0 Å². The number of sulfonamides is 1. The number of halogens is 3. The number of benzene rings is 1. The van der Waals surface area contributed by atoms with Gasteiger partial charge in [0.25, 0.3) is 10.0 Å². The van der Waals surface area contributed by atoms with E-state index in [2.05, 4.69) is 4.72 Å². The maximum atomic E-state index is 12.6. The zero-order valence-corrected chi connectivity index (χ0v) is 16.3. The van der Waals surface area contributed by atoms with Crippen LogP contribution >= 0.6 is 34.8 Å². The van der Waals surface area contributed by atoms with Crippen LogP contribution in [0.3, 0.4) is 0 Å². The van der Waals surface area contributed by atoms with Gasteiger partial charge in [-0.15, -0.1) is 11.6 Å². The van der Waals surface area contributed by atoms with Crippen molar-refractivity contribution in [1.82, 2.24) is 4.72 Å². The fourth-order valence-corrected chi connectivity index (χ4v) is 4.50. The Labute approximate surface area is 156 Å². The molecule has 1 aromatic rings. The van der Waals surface area contributed by atoms with Crippen LogP contribution in [0.4, 0.5) is 0 Å². The summed E-state index contributed by atoms with van der Waals surface area (Å²) in [5.74, 6) is -0.928. The van der Waals surface area contributed by atoms with Gasteiger partial charge in [0.1, 0.15) is 4.87 Å². The van der Waals surface area contributed by atoms with Crippen LogP contribution in [-0.4, -0.2) is 19.1 Å². The monoisotopic (exact) mass is 407 g/mol. The van der Waals surface area contributed by atoms with Gasteiger partial charge in [-0.05, 0) is 30.5 Å². The van der Waals surface area contributed by atoms with Crippen LogP contribution < -0.4 is 4.72 Å². The summed E-state index contributed by atoms with van der Waals surface area (Å²) in [4.78, 5) is 10.9. The molecule has 0 aliphatic heterocycles. The van der Waals surface area contributed by atoms with Gasteiger partial charge in [-0.2, -0.15) is 0 Å². The van der Waals surface area contributed by atoms with Crippen LogP contribution in [0.1, 0.15) is 20.8 Å². The van der Waals surface area contributed by atoms with E-state index < -0.39 is 26.6 Å². The quantitative estimate of drug-likeness (QED) is 0.761. The van der Waals surface area contributed by atoms with Crippen LogP contribution in [0.5, 0.6) is 0 Å². The van der Waals surface area contributed by atoms with E-state index in [0.717, 1.165) is 0 Å². The molecular formula is C16H16Cl3NO3S. The van der Waals surface area contributed by atoms with Crippen molar-refractivity contribution >= 4 is 50.6 Å². The Balaban J connectivity index is 2.59. The minimum atomic E-state index is -3.90. The Morgan fingerprint density at radius 1 is 1.12 bits per heavy atom. The SMILES string of the molecule is CC1=C(Cl)C(=O)C(Cl)(C(C)C)C(Cl)=C1NS(=O)(=O)c1ccccc1. The summed E-state index contributed by atoms with van der Waals surface area (Å²) in [6.45, 7) is 4.94. The van der Waals surface area contributed by atoms with E-state index in [-0.39, 0.29) is 26.2 Å². The second-order valence-corrected chi connectivity index (χ2v) is 8.78. The second-order valence-electron chi connectivity index (χ2n) is 5.74. The Bertz CT molecular complexity index is 845. The summed E-state index contributed by atoms with van der Waals surface area (Å²) in [7, 11) is -3.90. The molecule has 130 valence electrons. The lowest BCUT2D eigenvalue weighted by Crippen LogP contribution is -2.44. The van der Waals surface area contributed by atoms with Gasteiger partial charge in [0.15, 0.2) is 0 Å². The maximum Gasteiger partial charge on any atom is 0.261 e. The van der Waals surface area contributed by atoms with Crippen molar-refractivity contribution < 1.29 is 13.2 Å². The van der Waals surface area contributed by atoms with Crippen molar-refractivity contribution in [1.29, 1.82) is 0 Å². The fraction of sp³-hybridized carbons (Fsp3) is 0.312. The molecule has 1 aliphatic rings. The van der Waals surface area contributed by atoms with Gasteiger partial charge in [0, 0.05) is 0 Å². The molecule has 0 aromatic heterocycles. The van der Waals surface area contributed by atoms with Crippen molar-refractivity contribution in [3.8, 4) is 0 Å². The minimum Gasteiger partial charge on any atom is -0.291 e. The molecule has 0 saturated carbocycles. The lowest BCUT2D eigenvalue weighted by atomic mass is 9.84. The summed E-state index contributed by atoms with van der Waals surface area (Å²) >= 11 is 18.9. The predicted molar refractivity (Wildman–Crippen MR) is 96.6 cm³/mol. The van der Waals surface area contributed by atoms with E-state index in [1.165, 1.54) is 19.1 Å². The topological polar surface area (TPSA) is 63.2 Å². The molecule has 0 radical (unpaired) electrons. The zero-order valence-electron chi connectivity index (χ0n) is 13.2. The first-order chi connectivity index (χ1) is 11.0. The Hall–Kier alpha value is -1.01. The number of alkyl halides is 1. The van der Waals surface area contributed by atoms with E-state index in [1.807, 2.05) is 0 Å². The van der Waals surface area contributed by atoms with E-state index in [0.29, 0.717) is 0 Å². The maximum absolute atomic E-state index is 12.6. The first kappa shape index (κ1) is 19.3. The number of nitrogens with one attached hydrogen (secondary N) is 1. The van der Waals surface area contributed by atoms with Crippen LogP contribution in [0.2, 0.25) is 0 Å². The van der Waals surface area contributed by atoms with Crippen LogP contribution in [-0.2, 0) is 14.8 Å². The molecule has 0 bridgehead atoms. The molecule has 0 fully saturated rings. The molecule has 24 heavy (non-hydrogen) atoms. The number of Topliss-reactive ketones (excluding diaryl/α,β-unsaturated/α-hetero) is 1. The minimum absolute atomic E-state index is 0.0359. The third-order valence-corrected chi connectivity index (χ3v) is 7.06. The van der Waals surface area contributed by atoms with Crippen molar-refractivity contribution in [3.05, 3.63) is 51.7 Å². The number of carbonyl (C=O) groups is 1. The molecule has 0 heterocycles. The standard InChI is InChI=1S/C16H16Cl3NO3S/c1-9(2)16(19)14(18)13(10(3)12(17)15(16)21)20-24(22,23)11-7-5-4-6-8-11/h4-9,20H,1-3H3. The average molecular weight is 409 g/mol. The first-order valence-corrected chi connectivity index (χ1v) is 9.73. The highest BCUT2D eigenvalue weighted by Gasteiger charge is 2.49. The second kappa shape index (κ2) is 6.71. The highest BCUT2D eigenvalue weighted by atomic mass is 35.5. The molecule has 0 spiro atoms. The molecule has 0 saturated heterocycles. The molecule has 1 aromatic carbocycles. The van der Waals surface area contributed by atoms with E-state index >= 15 is 0 Å². The van der Waals surface area contributed by atoms with Gasteiger partial charge in [0.2, 0.25) is 5.78 Å². The molecule has 8 heteroatoms. The lowest BCUT2D eigenvalue weighted by molar-refractivity contribution is -0.117. The van der Waals surface area contributed by atoms with Crippen molar-refractivity contribution in [2.24, 2.45) is 5.92 Å². The zero-order chi connectivity index (χ0) is 18.3. The lowest BCUT2D eigenvalue weighted by Gasteiger charge is -2.35. The summed E-state index contributed by atoms with van der Waals surface area (Å²) in [6.07, 6.45) is 0. The molecule has 1 N–H and O–H groups in total. The van der Waals surface area contributed by atoms with Gasteiger partial charge in [-0.1, -0.05) is 55.2 Å². The van der Waals surface area contributed by atoms with E-state index in [9.17, 15) is 13.2 Å². The Kier molecular flexibility index (Phi) is 5.40. The van der Waals surface area contributed by atoms with Crippen molar-refractivity contribution in [2.45, 2.75) is 30.5 Å².